The van der Waals surface area contributed by atoms with Crippen molar-refractivity contribution in [1.82, 2.24) is 31.5 Å². The van der Waals surface area contributed by atoms with Gasteiger partial charge in [0.05, 0.1) is 0 Å². The van der Waals surface area contributed by atoms with Gasteiger partial charge in [-0.2, -0.15) is 0 Å². The number of unbranched alkanes of at least 4 members (excludes halogenated alkanes) is 2. The van der Waals surface area contributed by atoms with Crippen LogP contribution in [0, 0.1) is 17.8 Å². The van der Waals surface area contributed by atoms with Crippen molar-refractivity contribution in [3.8, 4) is 0 Å². The summed E-state index contributed by atoms with van der Waals surface area (Å²) in [6.45, 7) is 2.79. The van der Waals surface area contributed by atoms with Gasteiger partial charge in [0.15, 0.2) is 0 Å². The quantitative estimate of drug-likeness (QED) is 0.0486. The molecular weight excluding hydrogens is 672 g/mol. The molecule has 0 aromatic heterocycles. The van der Waals surface area contributed by atoms with E-state index >= 15 is 0 Å². The van der Waals surface area contributed by atoms with Crippen LogP contribution in [-0.4, -0.2) is 97.5 Å². The molecule has 9 N–H and O–H groups in total. The number of amides is 8. The summed E-state index contributed by atoms with van der Waals surface area (Å²) in [6, 6.07) is -0.834. The second kappa shape index (κ2) is 25.5. The van der Waals surface area contributed by atoms with Crippen molar-refractivity contribution in [2.45, 2.75) is 112 Å². The van der Waals surface area contributed by atoms with E-state index in [1.807, 2.05) is 0 Å². The van der Waals surface area contributed by atoms with Crippen molar-refractivity contribution in [3.05, 3.63) is 11.6 Å². The van der Waals surface area contributed by atoms with E-state index < -0.39 is 48.0 Å². The Bertz CT molecular complexity index is 1250. The number of rotatable bonds is 26. The highest BCUT2D eigenvalue weighted by Gasteiger charge is 2.34. The SMILES string of the molecule is C.C.CC(=O)NCCCC[C@H](NC(C)=O)C(=O)NCCC(=O)N(CC(=O)NCCC=C(C(N)=O)C1CC1)CC(=O)NCCCC[C@@H](C(N)=O)C1CC1. The summed E-state index contributed by atoms with van der Waals surface area (Å²) >= 11 is 0. The molecule has 0 saturated heterocycles. The minimum Gasteiger partial charge on any atom is -0.369 e. The zero-order valence-corrected chi connectivity index (χ0v) is 29.5. The fraction of sp³-hybridized carbons (Fsp3) is 0.722. The molecule has 0 spiro atoms. The normalized spacial score (nSPS) is 14.6. The van der Waals surface area contributed by atoms with Crippen molar-refractivity contribution in [2.24, 2.45) is 29.2 Å². The van der Waals surface area contributed by atoms with Gasteiger partial charge in [-0.15, -0.1) is 0 Å². The van der Waals surface area contributed by atoms with Gasteiger partial charge in [-0.1, -0.05) is 27.4 Å². The fourth-order valence-corrected chi connectivity index (χ4v) is 5.64. The van der Waals surface area contributed by atoms with Gasteiger partial charge in [-0.3, -0.25) is 38.4 Å². The number of primary amides is 2. The highest BCUT2D eigenvalue weighted by molar-refractivity contribution is 5.93. The number of hydrogen-bond acceptors (Lipinski definition) is 8. The summed E-state index contributed by atoms with van der Waals surface area (Å²) in [5, 5.41) is 13.4. The maximum atomic E-state index is 13.2. The molecule has 16 heteroatoms. The predicted octanol–water partition coefficient (Wildman–Crippen LogP) is 0.531. The third-order valence-electron chi connectivity index (χ3n) is 8.60. The summed E-state index contributed by atoms with van der Waals surface area (Å²) in [4.78, 5) is 98.8. The molecule has 0 aromatic rings. The van der Waals surface area contributed by atoms with Crippen LogP contribution in [0.25, 0.3) is 0 Å². The molecule has 2 atom stereocenters. The van der Waals surface area contributed by atoms with Gasteiger partial charge in [0.25, 0.3) is 0 Å². The average molecular weight is 737 g/mol. The van der Waals surface area contributed by atoms with Crippen LogP contribution in [0.4, 0.5) is 0 Å². The minimum atomic E-state index is -0.834. The van der Waals surface area contributed by atoms with E-state index in [2.05, 4.69) is 26.6 Å². The molecule has 52 heavy (non-hydrogen) atoms. The Morgan fingerprint density at radius 1 is 0.712 bits per heavy atom. The van der Waals surface area contributed by atoms with Crippen molar-refractivity contribution < 1.29 is 38.4 Å². The lowest BCUT2D eigenvalue weighted by Gasteiger charge is -2.22. The Balaban J connectivity index is 0.0000130. The van der Waals surface area contributed by atoms with Gasteiger partial charge in [0, 0.05) is 57.9 Å². The van der Waals surface area contributed by atoms with Crippen LogP contribution >= 0.6 is 0 Å². The predicted molar refractivity (Wildman–Crippen MR) is 198 cm³/mol. The number of nitrogens with zero attached hydrogens (tertiary/aromatic N) is 1. The van der Waals surface area contributed by atoms with E-state index in [-0.39, 0.29) is 64.6 Å². The van der Waals surface area contributed by atoms with Crippen LogP contribution in [0.3, 0.4) is 0 Å². The lowest BCUT2D eigenvalue weighted by Crippen LogP contribution is -2.48. The van der Waals surface area contributed by atoms with Crippen LogP contribution in [0.2, 0.25) is 0 Å². The smallest absolute Gasteiger partial charge is 0.244 e. The van der Waals surface area contributed by atoms with E-state index in [0.717, 1.165) is 30.6 Å². The Morgan fingerprint density at radius 3 is 1.81 bits per heavy atom. The van der Waals surface area contributed by atoms with Gasteiger partial charge in [-0.05, 0) is 76.0 Å². The van der Waals surface area contributed by atoms with E-state index in [1.165, 1.54) is 13.8 Å². The zero-order valence-electron chi connectivity index (χ0n) is 29.5. The minimum absolute atomic E-state index is 0. The summed E-state index contributed by atoms with van der Waals surface area (Å²) in [6.07, 6.45) is 9.18. The zero-order chi connectivity index (χ0) is 37.1. The summed E-state index contributed by atoms with van der Waals surface area (Å²) in [5.41, 5.74) is 11.5. The van der Waals surface area contributed by atoms with Crippen LogP contribution in [0.15, 0.2) is 11.6 Å². The van der Waals surface area contributed by atoms with E-state index in [0.29, 0.717) is 69.5 Å². The lowest BCUT2D eigenvalue weighted by atomic mass is 9.96. The molecule has 2 saturated carbocycles. The molecule has 2 aliphatic carbocycles. The van der Waals surface area contributed by atoms with Gasteiger partial charge in [0.1, 0.15) is 19.1 Å². The first-order chi connectivity index (χ1) is 23.8. The van der Waals surface area contributed by atoms with Crippen LogP contribution in [0.5, 0.6) is 0 Å². The Kier molecular flexibility index (Phi) is 23.2. The highest BCUT2D eigenvalue weighted by Crippen LogP contribution is 2.39. The van der Waals surface area contributed by atoms with Crippen molar-refractivity contribution in [2.75, 3.05) is 39.3 Å². The molecule has 2 fully saturated rings. The molecule has 0 bridgehead atoms. The highest BCUT2D eigenvalue weighted by atomic mass is 16.2. The maximum absolute atomic E-state index is 13.2. The van der Waals surface area contributed by atoms with Crippen molar-refractivity contribution in [1.29, 1.82) is 0 Å². The molecule has 8 amide bonds. The number of carbonyl (C=O) groups excluding carboxylic acids is 8. The molecule has 0 aliphatic heterocycles. The fourth-order valence-electron chi connectivity index (χ4n) is 5.64. The standard InChI is InChI=1S/C34H56N8O8.2CH4/c1-22(43)37-16-6-4-10-28(41-23(2)44)34(50)40-19-15-31(47)42(21-30(46)39-18-7-9-27(33(36)49)25-13-14-25)20-29(45)38-17-5-3-8-26(32(35)48)24-11-12-24;;/h9,24-26,28H,3-8,10-21H2,1-2H3,(H2,35,48)(H2,36,49)(H,37,43)(H,38,45)(H,39,46)(H,40,50)(H,41,44);2*1H4/t26-,28+;;/m1../s1. The number of nitrogens with one attached hydrogen (secondary N) is 5. The Morgan fingerprint density at radius 2 is 1.29 bits per heavy atom. The molecule has 0 radical (unpaired) electrons. The van der Waals surface area contributed by atoms with Gasteiger partial charge in [0.2, 0.25) is 47.3 Å². The van der Waals surface area contributed by atoms with Crippen molar-refractivity contribution >= 4 is 47.3 Å². The molecular formula is C36H64N8O8. The first-order valence-corrected chi connectivity index (χ1v) is 17.7. The summed E-state index contributed by atoms with van der Waals surface area (Å²) in [5.74, 6) is -2.94. The second-order valence-electron chi connectivity index (χ2n) is 13.2. The molecule has 0 aromatic carbocycles. The Labute approximate surface area is 308 Å². The third-order valence-corrected chi connectivity index (χ3v) is 8.60. The Hall–Kier alpha value is -4.50. The second-order valence-corrected chi connectivity index (χ2v) is 13.2. The molecule has 0 heterocycles. The molecule has 16 nitrogen and oxygen atoms in total. The number of carbonyl (C=O) groups is 8. The van der Waals surface area contributed by atoms with Crippen LogP contribution < -0.4 is 38.1 Å². The maximum Gasteiger partial charge on any atom is 0.244 e. The molecule has 2 aliphatic rings. The summed E-state index contributed by atoms with van der Waals surface area (Å²) < 4.78 is 0. The first kappa shape index (κ1) is 47.5. The van der Waals surface area contributed by atoms with E-state index in [1.54, 1.807) is 6.08 Å². The average Bonchev–Trinajstić information content (AvgIpc) is 3.96. The monoisotopic (exact) mass is 736 g/mol. The topological polar surface area (TPSA) is 252 Å². The lowest BCUT2D eigenvalue weighted by molar-refractivity contribution is -0.139. The van der Waals surface area contributed by atoms with Gasteiger partial charge < -0.3 is 43.0 Å². The molecule has 2 rings (SSSR count). The number of nitrogens with two attached hydrogens (primary N) is 2. The van der Waals surface area contributed by atoms with Gasteiger partial charge >= 0.3 is 0 Å². The first-order valence-electron chi connectivity index (χ1n) is 17.7. The van der Waals surface area contributed by atoms with Crippen molar-refractivity contribution in [3.63, 3.8) is 0 Å². The van der Waals surface area contributed by atoms with E-state index in [9.17, 15) is 38.4 Å². The van der Waals surface area contributed by atoms with Gasteiger partial charge in [-0.25, -0.2) is 0 Å². The third kappa shape index (κ3) is 20.4. The van der Waals surface area contributed by atoms with E-state index in [4.69, 9.17) is 11.5 Å². The van der Waals surface area contributed by atoms with Crippen LogP contribution in [-0.2, 0) is 38.4 Å². The molecule has 296 valence electrons. The van der Waals surface area contributed by atoms with Crippen LogP contribution in [0.1, 0.15) is 106 Å². The summed E-state index contributed by atoms with van der Waals surface area (Å²) in [7, 11) is 0. The largest absolute Gasteiger partial charge is 0.369 e. The number of hydrogen-bond donors (Lipinski definition) is 7. The molecule has 0 unspecified atom stereocenters.